The van der Waals surface area contributed by atoms with Crippen LogP contribution in [0.15, 0.2) is 6.07 Å². The molecule has 96 valence electrons. The number of rotatable bonds is 1. The van der Waals surface area contributed by atoms with Crippen LogP contribution in [-0.4, -0.2) is 27.9 Å². The van der Waals surface area contributed by atoms with E-state index in [0.29, 0.717) is 10.0 Å². The Labute approximate surface area is 119 Å². The van der Waals surface area contributed by atoms with E-state index in [9.17, 15) is 0 Å². The van der Waals surface area contributed by atoms with Gasteiger partial charge in [-0.15, -0.1) is 0 Å². The zero-order chi connectivity index (χ0) is 12.7. The van der Waals surface area contributed by atoms with Crippen molar-refractivity contribution >= 4 is 51.7 Å². The summed E-state index contributed by atoms with van der Waals surface area (Å²) < 4.78 is 8.54. The highest BCUT2D eigenvalue weighted by Crippen LogP contribution is 2.38. The fourth-order valence-corrected chi connectivity index (χ4v) is 3.60. The van der Waals surface area contributed by atoms with Gasteiger partial charge in [-0.2, -0.15) is 8.75 Å². The average molecular weight is 303 g/mol. The van der Waals surface area contributed by atoms with Gasteiger partial charge in [0.15, 0.2) is 0 Å². The van der Waals surface area contributed by atoms with Gasteiger partial charge in [-0.3, -0.25) is 0 Å². The van der Waals surface area contributed by atoms with Gasteiger partial charge < -0.3 is 10.6 Å². The van der Waals surface area contributed by atoms with Crippen molar-refractivity contribution in [2.24, 2.45) is 5.73 Å². The molecule has 1 aromatic heterocycles. The molecule has 0 radical (unpaired) electrons. The van der Waals surface area contributed by atoms with E-state index in [-0.39, 0.29) is 6.04 Å². The highest BCUT2D eigenvalue weighted by Gasteiger charge is 2.23. The van der Waals surface area contributed by atoms with Crippen molar-refractivity contribution in [3.8, 4) is 0 Å². The van der Waals surface area contributed by atoms with Crippen LogP contribution in [0.1, 0.15) is 12.8 Å². The summed E-state index contributed by atoms with van der Waals surface area (Å²) in [6.45, 7) is 1.75. The summed E-state index contributed by atoms with van der Waals surface area (Å²) in [4.78, 5) is 2.19. The first-order valence-electron chi connectivity index (χ1n) is 5.77. The van der Waals surface area contributed by atoms with Crippen LogP contribution in [0.2, 0.25) is 10.0 Å². The summed E-state index contributed by atoms with van der Waals surface area (Å²) in [5.41, 5.74) is 8.44. The fraction of sp³-hybridized carbons (Fsp3) is 0.455. The number of anilines is 1. The standard InChI is InChI=1S/C11H12Cl2N4S/c12-7-4-8(13)11(10-9(7)15-18-16-10)17-3-1-2-6(14)5-17/h4,6H,1-3,5,14H2. The Morgan fingerprint density at radius 3 is 2.83 bits per heavy atom. The van der Waals surface area contributed by atoms with Crippen molar-refractivity contribution in [3.63, 3.8) is 0 Å². The zero-order valence-electron chi connectivity index (χ0n) is 9.57. The minimum atomic E-state index is 0.187. The molecule has 1 aliphatic rings. The van der Waals surface area contributed by atoms with Crippen molar-refractivity contribution in [2.45, 2.75) is 18.9 Å². The zero-order valence-corrected chi connectivity index (χ0v) is 11.9. The molecule has 0 spiro atoms. The van der Waals surface area contributed by atoms with E-state index >= 15 is 0 Å². The SMILES string of the molecule is NC1CCCN(c2c(Cl)cc(Cl)c3nsnc23)C1. The Kier molecular flexibility index (Phi) is 3.32. The maximum absolute atomic E-state index is 6.32. The molecule has 1 saturated heterocycles. The van der Waals surface area contributed by atoms with Crippen molar-refractivity contribution in [1.82, 2.24) is 8.75 Å². The molecular weight excluding hydrogens is 291 g/mol. The molecule has 0 bridgehead atoms. The first-order valence-corrected chi connectivity index (χ1v) is 7.26. The van der Waals surface area contributed by atoms with Gasteiger partial charge >= 0.3 is 0 Å². The summed E-state index contributed by atoms with van der Waals surface area (Å²) in [7, 11) is 0. The van der Waals surface area contributed by atoms with Gasteiger partial charge in [-0.05, 0) is 18.9 Å². The molecule has 2 heterocycles. The Hall–Kier alpha value is -0.620. The summed E-state index contributed by atoms with van der Waals surface area (Å²) in [5.74, 6) is 0. The molecule has 1 aromatic carbocycles. The van der Waals surface area contributed by atoms with E-state index < -0.39 is 0 Å². The number of fused-ring (bicyclic) bond motifs is 1. The lowest BCUT2D eigenvalue weighted by Gasteiger charge is -2.33. The minimum Gasteiger partial charge on any atom is -0.367 e. The molecule has 1 aliphatic heterocycles. The number of piperidine rings is 1. The van der Waals surface area contributed by atoms with Gasteiger partial charge in [0.05, 0.1) is 27.5 Å². The van der Waals surface area contributed by atoms with E-state index in [1.807, 2.05) is 0 Å². The number of benzene rings is 1. The van der Waals surface area contributed by atoms with Crippen LogP contribution < -0.4 is 10.6 Å². The second kappa shape index (κ2) is 4.81. The second-order valence-corrected chi connectivity index (χ2v) is 5.84. The predicted octanol–water partition coefficient (Wildman–Crippen LogP) is 2.93. The molecular formula is C11H12Cl2N4S. The molecule has 7 heteroatoms. The third-order valence-corrected chi connectivity index (χ3v) is 4.30. The number of halogens is 2. The highest BCUT2D eigenvalue weighted by molar-refractivity contribution is 7.00. The van der Waals surface area contributed by atoms with Gasteiger partial charge in [-0.1, -0.05) is 23.2 Å². The Morgan fingerprint density at radius 2 is 2.06 bits per heavy atom. The third-order valence-electron chi connectivity index (χ3n) is 3.19. The molecule has 1 unspecified atom stereocenters. The van der Waals surface area contributed by atoms with Crippen molar-refractivity contribution in [1.29, 1.82) is 0 Å². The van der Waals surface area contributed by atoms with Crippen LogP contribution >= 0.6 is 34.9 Å². The topological polar surface area (TPSA) is 55.0 Å². The van der Waals surface area contributed by atoms with E-state index in [4.69, 9.17) is 28.9 Å². The van der Waals surface area contributed by atoms with E-state index in [1.54, 1.807) is 6.07 Å². The van der Waals surface area contributed by atoms with E-state index in [0.717, 1.165) is 54.4 Å². The molecule has 2 N–H and O–H groups in total. The lowest BCUT2D eigenvalue weighted by atomic mass is 10.1. The summed E-state index contributed by atoms with van der Waals surface area (Å²) in [5, 5.41) is 1.17. The summed E-state index contributed by atoms with van der Waals surface area (Å²) in [6, 6.07) is 1.93. The molecule has 1 atom stereocenters. The van der Waals surface area contributed by atoms with Crippen LogP contribution in [0.4, 0.5) is 5.69 Å². The van der Waals surface area contributed by atoms with Gasteiger partial charge in [-0.25, -0.2) is 0 Å². The summed E-state index contributed by atoms with van der Waals surface area (Å²) >= 11 is 13.6. The lowest BCUT2D eigenvalue weighted by molar-refractivity contribution is 0.507. The van der Waals surface area contributed by atoms with Gasteiger partial charge in [0.25, 0.3) is 0 Å². The Bertz CT molecular complexity index is 586. The first-order chi connectivity index (χ1) is 8.66. The average Bonchev–Trinajstić information content (AvgIpc) is 2.78. The molecule has 0 amide bonds. The normalized spacial score (nSPS) is 20.6. The maximum atomic E-state index is 6.32. The maximum Gasteiger partial charge on any atom is 0.131 e. The van der Waals surface area contributed by atoms with Crippen LogP contribution in [-0.2, 0) is 0 Å². The van der Waals surface area contributed by atoms with Crippen molar-refractivity contribution < 1.29 is 0 Å². The summed E-state index contributed by atoms with van der Waals surface area (Å²) in [6.07, 6.45) is 2.12. The number of hydrogen-bond donors (Lipinski definition) is 1. The number of aromatic nitrogens is 2. The van der Waals surface area contributed by atoms with Crippen molar-refractivity contribution in [3.05, 3.63) is 16.1 Å². The predicted molar refractivity (Wildman–Crippen MR) is 76.9 cm³/mol. The first kappa shape index (κ1) is 12.4. The van der Waals surface area contributed by atoms with Crippen LogP contribution in [0, 0.1) is 0 Å². The van der Waals surface area contributed by atoms with Gasteiger partial charge in [0.2, 0.25) is 0 Å². The molecule has 1 fully saturated rings. The van der Waals surface area contributed by atoms with Crippen LogP contribution in [0.3, 0.4) is 0 Å². The number of hydrogen-bond acceptors (Lipinski definition) is 5. The van der Waals surface area contributed by atoms with Crippen LogP contribution in [0.25, 0.3) is 11.0 Å². The van der Waals surface area contributed by atoms with Crippen molar-refractivity contribution in [2.75, 3.05) is 18.0 Å². The molecule has 0 aliphatic carbocycles. The molecule has 4 nitrogen and oxygen atoms in total. The van der Waals surface area contributed by atoms with Gasteiger partial charge in [0.1, 0.15) is 11.0 Å². The second-order valence-electron chi connectivity index (χ2n) is 4.50. The molecule has 2 aromatic rings. The Balaban J connectivity index is 2.13. The number of nitrogens with two attached hydrogens (primary N) is 1. The Morgan fingerprint density at radius 1 is 1.28 bits per heavy atom. The molecule has 3 rings (SSSR count). The molecule has 0 saturated carbocycles. The molecule has 18 heavy (non-hydrogen) atoms. The quantitative estimate of drug-likeness (QED) is 0.880. The van der Waals surface area contributed by atoms with E-state index in [1.165, 1.54) is 0 Å². The highest BCUT2D eigenvalue weighted by atomic mass is 35.5. The third kappa shape index (κ3) is 2.05. The lowest BCUT2D eigenvalue weighted by Crippen LogP contribution is -2.43. The van der Waals surface area contributed by atoms with Crippen LogP contribution in [0.5, 0.6) is 0 Å². The smallest absolute Gasteiger partial charge is 0.131 e. The number of nitrogens with zero attached hydrogens (tertiary/aromatic N) is 3. The van der Waals surface area contributed by atoms with E-state index in [2.05, 4.69) is 13.6 Å². The fourth-order valence-electron chi connectivity index (χ4n) is 2.38. The minimum absolute atomic E-state index is 0.187. The monoisotopic (exact) mass is 302 g/mol. The van der Waals surface area contributed by atoms with Gasteiger partial charge in [0, 0.05) is 19.1 Å². The largest absolute Gasteiger partial charge is 0.367 e.